The van der Waals surface area contributed by atoms with E-state index < -0.39 is 0 Å². The first-order chi connectivity index (χ1) is 8.79. The fraction of sp³-hybridized carbons (Fsp3) is 0.462. The Hall–Kier alpha value is -1.75. The van der Waals surface area contributed by atoms with Crippen molar-refractivity contribution < 1.29 is 19.4 Å². The van der Waals surface area contributed by atoms with Gasteiger partial charge in [-0.25, -0.2) is 0 Å². The van der Waals surface area contributed by atoms with E-state index in [0.29, 0.717) is 43.2 Å². The van der Waals surface area contributed by atoms with E-state index in [1.807, 2.05) is 0 Å². The van der Waals surface area contributed by atoms with E-state index in [9.17, 15) is 4.79 Å². The van der Waals surface area contributed by atoms with Crippen molar-refractivity contribution in [1.82, 2.24) is 0 Å². The Morgan fingerprint density at radius 3 is 2.83 bits per heavy atom. The standard InChI is InChI=1S/C13H17NO4/c15-6-1-3-13(16)14-10-4-5-11-12(9-10)18-8-2-7-17-11/h4-5,9,15H,1-3,6-8H2,(H,14,16). The van der Waals surface area contributed by atoms with Crippen LogP contribution in [0.4, 0.5) is 5.69 Å². The van der Waals surface area contributed by atoms with E-state index in [1.165, 1.54) is 0 Å². The van der Waals surface area contributed by atoms with Gasteiger partial charge in [-0.3, -0.25) is 4.79 Å². The van der Waals surface area contributed by atoms with Crippen LogP contribution < -0.4 is 14.8 Å². The van der Waals surface area contributed by atoms with Crippen LogP contribution in [0.5, 0.6) is 11.5 Å². The highest BCUT2D eigenvalue weighted by molar-refractivity contribution is 5.91. The molecule has 5 nitrogen and oxygen atoms in total. The van der Waals surface area contributed by atoms with Crippen molar-refractivity contribution in [3.05, 3.63) is 18.2 Å². The normalized spacial score (nSPS) is 13.8. The summed E-state index contributed by atoms with van der Waals surface area (Å²) in [4.78, 5) is 11.5. The maximum atomic E-state index is 11.5. The molecule has 1 heterocycles. The molecule has 0 aliphatic carbocycles. The molecule has 1 aromatic rings. The van der Waals surface area contributed by atoms with E-state index in [1.54, 1.807) is 18.2 Å². The number of hydrogen-bond acceptors (Lipinski definition) is 4. The van der Waals surface area contributed by atoms with Crippen molar-refractivity contribution in [2.24, 2.45) is 0 Å². The van der Waals surface area contributed by atoms with Gasteiger partial charge in [-0.05, 0) is 18.6 Å². The molecule has 0 fully saturated rings. The highest BCUT2D eigenvalue weighted by Gasteiger charge is 2.11. The van der Waals surface area contributed by atoms with Crippen molar-refractivity contribution in [2.75, 3.05) is 25.1 Å². The summed E-state index contributed by atoms with van der Waals surface area (Å²) in [7, 11) is 0. The van der Waals surface area contributed by atoms with Crippen LogP contribution in [0.3, 0.4) is 0 Å². The summed E-state index contributed by atoms with van der Waals surface area (Å²) in [6, 6.07) is 5.34. The summed E-state index contributed by atoms with van der Waals surface area (Å²) in [5.41, 5.74) is 0.683. The number of hydrogen-bond donors (Lipinski definition) is 2. The van der Waals surface area contributed by atoms with E-state index in [-0.39, 0.29) is 12.5 Å². The first-order valence-corrected chi connectivity index (χ1v) is 6.10. The van der Waals surface area contributed by atoms with Crippen LogP contribution in [0.1, 0.15) is 19.3 Å². The topological polar surface area (TPSA) is 67.8 Å². The monoisotopic (exact) mass is 251 g/mol. The van der Waals surface area contributed by atoms with E-state index in [0.717, 1.165) is 6.42 Å². The van der Waals surface area contributed by atoms with Crippen molar-refractivity contribution in [2.45, 2.75) is 19.3 Å². The summed E-state index contributed by atoms with van der Waals surface area (Å²) in [5, 5.41) is 11.4. The van der Waals surface area contributed by atoms with Crippen LogP contribution in [0, 0.1) is 0 Å². The van der Waals surface area contributed by atoms with Gasteiger partial charge in [0.2, 0.25) is 5.91 Å². The first-order valence-electron chi connectivity index (χ1n) is 6.10. The molecule has 1 aliphatic heterocycles. The summed E-state index contributed by atoms with van der Waals surface area (Å²) in [6.07, 6.45) is 1.63. The number of amides is 1. The molecule has 0 unspecified atom stereocenters. The molecule has 0 atom stereocenters. The second-order valence-electron chi connectivity index (χ2n) is 4.09. The van der Waals surface area contributed by atoms with Crippen molar-refractivity contribution >= 4 is 11.6 Å². The Labute approximate surface area is 106 Å². The predicted molar refractivity (Wildman–Crippen MR) is 67.0 cm³/mol. The predicted octanol–water partition coefficient (Wildman–Crippen LogP) is 1.56. The van der Waals surface area contributed by atoms with Gasteiger partial charge in [0.05, 0.1) is 13.2 Å². The number of anilines is 1. The molecule has 98 valence electrons. The first kappa shape index (κ1) is 12.7. The van der Waals surface area contributed by atoms with Gasteiger partial charge in [-0.2, -0.15) is 0 Å². The minimum absolute atomic E-state index is 0.0224. The van der Waals surface area contributed by atoms with Crippen LogP contribution in [0.25, 0.3) is 0 Å². The van der Waals surface area contributed by atoms with Crippen LogP contribution in [0.15, 0.2) is 18.2 Å². The minimum atomic E-state index is -0.112. The molecule has 1 aliphatic rings. The smallest absolute Gasteiger partial charge is 0.224 e. The maximum Gasteiger partial charge on any atom is 0.224 e. The number of aliphatic hydroxyl groups is 1. The number of rotatable bonds is 4. The zero-order chi connectivity index (χ0) is 12.8. The third kappa shape index (κ3) is 3.37. The van der Waals surface area contributed by atoms with Gasteiger partial charge in [0.25, 0.3) is 0 Å². The Balaban J connectivity index is 2.01. The summed E-state index contributed by atoms with van der Waals surface area (Å²) in [5.74, 6) is 1.26. The van der Waals surface area contributed by atoms with Gasteiger partial charge in [0, 0.05) is 31.2 Å². The Morgan fingerprint density at radius 1 is 1.28 bits per heavy atom. The van der Waals surface area contributed by atoms with E-state index in [4.69, 9.17) is 14.6 Å². The van der Waals surface area contributed by atoms with Crippen LogP contribution in [-0.4, -0.2) is 30.8 Å². The Kier molecular flexibility index (Phi) is 4.41. The van der Waals surface area contributed by atoms with E-state index in [2.05, 4.69) is 5.32 Å². The lowest BCUT2D eigenvalue weighted by Gasteiger charge is -2.10. The van der Waals surface area contributed by atoms with Gasteiger partial charge < -0.3 is 19.9 Å². The zero-order valence-electron chi connectivity index (χ0n) is 10.1. The second-order valence-corrected chi connectivity index (χ2v) is 4.09. The third-order valence-electron chi connectivity index (χ3n) is 2.59. The second kappa shape index (κ2) is 6.26. The summed E-state index contributed by atoms with van der Waals surface area (Å²) < 4.78 is 11.0. The molecule has 1 aromatic carbocycles. The molecule has 0 radical (unpaired) electrons. The van der Waals surface area contributed by atoms with Crippen LogP contribution >= 0.6 is 0 Å². The van der Waals surface area contributed by atoms with Gasteiger partial charge in [-0.15, -0.1) is 0 Å². The number of nitrogens with one attached hydrogen (secondary N) is 1. The van der Waals surface area contributed by atoms with Crippen molar-refractivity contribution in [3.8, 4) is 11.5 Å². The molecule has 2 N–H and O–H groups in total. The molecule has 18 heavy (non-hydrogen) atoms. The molecule has 1 amide bonds. The molecular formula is C13H17NO4. The summed E-state index contributed by atoms with van der Waals surface area (Å²) in [6.45, 7) is 1.29. The highest BCUT2D eigenvalue weighted by atomic mass is 16.5. The average molecular weight is 251 g/mol. The molecule has 2 rings (SSSR count). The average Bonchev–Trinajstić information content (AvgIpc) is 2.61. The third-order valence-corrected chi connectivity index (χ3v) is 2.59. The molecular weight excluding hydrogens is 234 g/mol. The minimum Gasteiger partial charge on any atom is -0.490 e. The van der Waals surface area contributed by atoms with Gasteiger partial charge >= 0.3 is 0 Å². The fourth-order valence-corrected chi connectivity index (χ4v) is 1.70. The molecule has 0 spiro atoms. The molecule has 0 saturated heterocycles. The van der Waals surface area contributed by atoms with Gasteiger partial charge in [0.15, 0.2) is 11.5 Å². The molecule has 0 saturated carbocycles. The quantitative estimate of drug-likeness (QED) is 0.852. The van der Waals surface area contributed by atoms with Crippen LogP contribution in [-0.2, 0) is 4.79 Å². The fourth-order valence-electron chi connectivity index (χ4n) is 1.70. The largest absolute Gasteiger partial charge is 0.490 e. The lowest BCUT2D eigenvalue weighted by molar-refractivity contribution is -0.116. The number of benzene rings is 1. The molecule has 5 heteroatoms. The number of ether oxygens (including phenoxy) is 2. The lowest BCUT2D eigenvalue weighted by Crippen LogP contribution is -2.11. The Bertz CT molecular complexity index is 419. The van der Waals surface area contributed by atoms with Gasteiger partial charge in [-0.1, -0.05) is 0 Å². The van der Waals surface area contributed by atoms with Crippen molar-refractivity contribution in [1.29, 1.82) is 0 Å². The number of fused-ring (bicyclic) bond motifs is 1. The summed E-state index contributed by atoms with van der Waals surface area (Å²) >= 11 is 0. The van der Waals surface area contributed by atoms with Crippen molar-refractivity contribution in [3.63, 3.8) is 0 Å². The van der Waals surface area contributed by atoms with Crippen LogP contribution in [0.2, 0.25) is 0 Å². The number of carbonyl (C=O) groups excluding carboxylic acids is 1. The Morgan fingerprint density at radius 2 is 2.06 bits per heavy atom. The number of carbonyl (C=O) groups is 1. The maximum absolute atomic E-state index is 11.5. The number of aliphatic hydroxyl groups excluding tert-OH is 1. The molecule has 0 bridgehead atoms. The van der Waals surface area contributed by atoms with Gasteiger partial charge in [0.1, 0.15) is 0 Å². The van der Waals surface area contributed by atoms with E-state index >= 15 is 0 Å². The SMILES string of the molecule is O=C(CCCO)Nc1ccc2c(c1)OCCCO2. The lowest BCUT2D eigenvalue weighted by atomic mass is 10.2. The molecule has 0 aromatic heterocycles. The zero-order valence-corrected chi connectivity index (χ0v) is 10.1. The highest BCUT2D eigenvalue weighted by Crippen LogP contribution is 2.32.